The van der Waals surface area contributed by atoms with Gasteiger partial charge in [0.15, 0.2) is 0 Å². The van der Waals surface area contributed by atoms with Crippen molar-refractivity contribution in [3.63, 3.8) is 0 Å². The maximum absolute atomic E-state index is 10.9. The molecule has 0 amide bonds. The maximum atomic E-state index is 10.9. The monoisotopic (exact) mass is 201 g/mol. The number of aromatic nitrogens is 1. The van der Waals surface area contributed by atoms with Crippen LogP contribution < -0.4 is 5.56 Å². The summed E-state index contributed by atoms with van der Waals surface area (Å²) in [5.41, 5.74) is 2.57. The first-order valence-corrected chi connectivity index (χ1v) is 4.69. The second-order valence-corrected chi connectivity index (χ2v) is 3.26. The third-order valence-electron chi connectivity index (χ3n) is 2.28. The first-order chi connectivity index (χ1) is 7.31. The van der Waals surface area contributed by atoms with Crippen molar-refractivity contribution in [1.29, 1.82) is 0 Å². The molecule has 0 spiro atoms. The first kappa shape index (κ1) is 9.68. The summed E-state index contributed by atoms with van der Waals surface area (Å²) in [7, 11) is 0. The molecule has 0 unspecified atom stereocenters. The number of pyridine rings is 1. The van der Waals surface area contributed by atoms with E-state index in [2.05, 4.69) is 4.98 Å². The summed E-state index contributed by atoms with van der Waals surface area (Å²) < 4.78 is 0. The number of nitrogens with one attached hydrogen (secondary N) is 1. The molecule has 76 valence electrons. The number of aromatic amines is 1. The Hall–Kier alpha value is -1.87. The molecule has 0 bridgehead atoms. The Morgan fingerprint density at radius 3 is 2.60 bits per heavy atom. The molecular formula is C12H11NO2. The topological polar surface area (TPSA) is 53.1 Å². The Morgan fingerprint density at radius 1 is 1.13 bits per heavy atom. The molecule has 3 nitrogen and oxygen atoms in total. The van der Waals surface area contributed by atoms with Crippen LogP contribution in [-0.4, -0.2) is 10.1 Å². The molecule has 1 aromatic carbocycles. The molecule has 2 N–H and O–H groups in total. The average Bonchev–Trinajstić information content (AvgIpc) is 2.30. The van der Waals surface area contributed by atoms with Crippen LogP contribution in [0, 0.1) is 0 Å². The van der Waals surface area contributed by atoms with E-state index in [1.807, 2.05) is 24.3 Å². The van der Waals surface area contributed by atoms with Crippen molar-refractivity contribution < 1.29 is 5.11 Å². The van der Waals surface area contributed by atoms with Crippen LogP contribution in [0.4, 0.5) is 0 Å². The predicted octanol–water partition coefficient (Wildman–Crippen LogP) is 1.53. The Bertz CT molecular complexity index is 497. The van der Waals surface area contributed by atoms with E-state index in [4.69, 9.17) is 5.11 Å². The van der Waals surface area contributed by atoms with Gasteiger partial charge < -0.3 is 10.1 Å². The highest BCUT2D eigenvalue weighted by Gasteiger charge is 2.02. The van der Waals surface area contributed by atoms with Crippen LogP contribution in [0.3, 0.4) is 0 Å². The molecule has 2 rings (SSSR count). The third-order valence-corrected chi connectivity index (χ3v) is 2.28. The molecule has 1 aromatic heterocycles. The molecule has 0 radical (unpaired) electrons. The molecule has 0 saturated heterocycles. The molecule has 2 aromatic rings. The summed E-state index contributed by atoms with van der Waals surface area (Å²) >= 11 is 0. The summed E-state index contributed by atoms with van der Waals surface area (Å²) in [6.45, 7) is -0.00466. The Labute approximate surface area is 87.0 Å². The van der Waals surface area contributed by atoms with Gasteiger partial charge in [0, 0.05) is 12.3 Å². The van der Waals surface area contributed by atoms with Gasteiger partial charge >= 0.3 is 0 Å². The Morgan fingerprint density at radius 2 is 1.93 bits per heavy atom. The molecule has 15 heavy (non-hydrogen) atoms. The third kappa shape index (κ3) is 1.97. The zero-order valence-electron chi connectivity index (χ0n) is 8.10. The molecule has 0 aliphatic heterocycles. The van der Waals surface area contributed by atoms with Crippen LogP contribution in [0.2, 0.25) is 0 Å². The van der Waals surface area contributed by atoms with Gasteiger partial charge in [0.1, 0.15) is 0 Å². The summed E-state index contributed by atoms with van der Waals surface area (Å²) in [4.78, 5) is 13.5. The Balaban J connectivity index is 2.53. The van der Waals surface area contributed by atoms with Crippen LogP contribution in [0.1, 0.15) is 5.56 Å². The Kier molecular flexibility index (Phi) is 2.65. The van der Waals surface area contributed by atoms with Crippen molar-refractivity contribution in [1.82, 2.24) is 4.98 Å². The molecule has 0 aliphatic rings. The molecule has 0 saturated carbocycles. The highest BCUT2D eigenvalue weighted by molar-refractivity contribution is 5.66. The minimum atomic E-state index is -0.125. The smallest absolute Gasteiger partial charge is 0.247 e. The fourth-order valence-corrected chi connectivity index (χ4v) is 1.52. The van der Waals surface area contributed by atoms with Crippen LogP contribution in [0.5, 0.6) is 0 Å². The summed E-state index contributed by atoms with van der Waals surface area (Å²) in [6.07, 6.45) is 1.65. The van der Waals surface area contributed by atoms with E-state index < -0.39 is 0 Å². The standard InChI is InChI=1S/C12H11NO2/c14-8-10-3-1-2-4-11(10)9-5-6-12(15)13-7-9/h1-7,14H,8H2,(H,13,15). The van der Waals surface area contributed by atoms with Crippen LogP contribution in [0.15, 0.2) is 47.4 Å². The van der Waals surface area contributed by atoms with E-state index >= 15 is 0 Å². The van der Waals surface area contributed by atoms with Crippen molar-refractivity contribution in [2.45, 2.75) is 6.61 Å². The van der Waals surface area contributed by atoms with Crippen LogP contribution in [0.25, 0.3) is 11.1 Å². The number of H-pyrrole nitrogens is 1. The van der Waals surface area contributed by atoms with E-state index in [1.54, 1.807) is 12.3 Å². The van der Waals surface area contributed by atoms with Crippen molar-refractivity contribution in [3.05, 3.63) is 58.5 Å². The van der Waals surface area contributed by atoms with Crippen molar-refractivity contribution in [3.8, 4) is 11.1 Å². The van der Waals surface area contributed by atoms with E-state index in [1.165, 1.54) is 6.07 Å². The second-order valence-electron chi connectivity index (χ2n) is 3.26. The summed E-state index contributed by atoms with van der Waals surface area (Å²) in [5, 5.41) is 9.16. The molecule has 3 heteroatoms. The van der Waals surface area contributed by atoms with Crippen molar-refractivity contribution in [2.75, 3.05) is 0 Å². The van der Waals surface area contributed by atoms with Crippen molar-refractivity contribution in [2.24, 2.45) is 0 Å². The van der Waals surface area contributed by atoms with Crippen LogP contribution in [-0.2, 0) is 6.61 Å². The van der Waals surface area contributed by atoms with E-state index in [0.717, 1.165) is 16.7 Å². The number of hydrogen-bond acceptors (Lipinski definition) is 2. The summed E-state index contributed by atoms with van der Waals surface area (Å²) in [5.74, 6) is 0. The quantitative estimate of drug-likeness (QED) is 0.774. The number of hydrogen-bond donors (Lipinski definition) is 2. The summed E-state index contributed by atoms with van der Waals surface area (Å²) in [6, 6.07) is 10.8. The lowest BCUT2D eigenvalue weighted by molar-refractivity contribution is 0.282. The van der Waals surface area contributed by atoms with E-state index in [9.17, 15) is 4.79 Å². The number of aliphatic hydroxyl groups excluding tert-OH is 1. The van der Waals surface area contributed by atoms with Gasteiger partial charge in [-0.05, 0) is 22.8 Å². The van der Waals surface area contributed by atoms with Gasteiger partial charge in [-0.2, -0.15) is 0 Å². The van der Waals surface area contributed by atoms with Gasteiger partial charge in [0.25, 0.3) is 0 Å². The van der Waals surface area contributed by atoms with Gasteiger partial charge in [0.05, 0.1) is 6.61 Å². The molecule has 0 atom stereocenters. The second kappa shape index (κ2) is 4.11. The van der Waals surface area contributed by atoms with E-state index in [0.29, 0.717) is 0 Å². The van der Waals surface area contributed by atoms with Gasteiger partial charge in [-0.25, -0.2) is 0 Å². The molecule has 0 fully saturated rings. The highest BCUT2D eigenvalue weighted by Crippen LogP contribution is 2.21. The van der Waals surface area contributed by atoms with Gasteiger partial charge in [-0.1, -0.05) is 24.3 Å². The fraction of sp³-hybridized carbons (Fsp3) is 0.0833. The van der Waals surface area contributed by atoms with Crippen LogP contribution >= 0.6 is 0 Å². The van der Waals surface area contributed by atoms with E-state index in [-0.39, 0.29) is 12.2 Å². The lowest BCUT2D eigenvalue weighted by Gasteiger charge is -2.06. The van der Waals surface area contributed by atoms with Gasteiger partial charge in [-0.15, -0.1) is 0 Å². The lowest BCUT2D eigenvalue weighted by atomic mass is 10.0. The maximum Gasteiger partial charge on any atom is 0.247 e. The minimum Gasteiger partial charge on any atom is -0.392 e. The minimum absolute atomic E-state index is 0.00466. The first-order valence-electron chi connectivity index (χ1n) is 4.69. The molecular weight excluding hydrogens is 190 g/mol. The average molecular weight is 201 g/mol. The lowest BCUT2D eigenvalue weighted by Crippen LogP contribution is -2.01. The van der Waals surface area contributed by atoms with Gasteiger partial charge in [-0.3, -0.25) is 4.79 Å². The normalized spacial score (nSPS) is 10.2. The van der Waals surface area contributed by atoms with Gasteiger partial charge in [0.2, 0.25) is 5.56 Å². The number of benzene rings is 1. The zero-order valence-corrected chi connectivity index (χ0v) is 8.10. The fourth-order valence-electron chi connectivity index (χ4n) is 1.52. The zero-order chi connectivity index (χ0) is 10.7. The predicted molar refractivity (Wildman–Crippen MR) is 58.4 cm³/mol. The SMILES string of the molecule is O=c1ccc(-c2ccccc2CO)c[nH]1. The number of rotatable bonds is 2. The highest BCUT2D eigenvalue weighted by atomic mass is 16.3. The molecule has 1 heterocycles. The van der Waals surface area contributed by atoms with Crippen molar-refractivity contribution >= 4 is 0 Å². The largest absolute Gasteiger partial charge is 0.392 e. The molecule has 0 aliphatic carbocycles. The number of aliphatic hydroxyl groups is 1.